The zero-order valence-electron chi connectivity index (χ0n) is 8.93. The smallest absolute Gasteiger partial charge is 0.277 e. The Balaban J connectivity index is 2.21. The van der Waals surface area contributed by atoms with Gasteiger partial charge in [-0.05, 0) is 12.5 Å². The van der Waals surface area contributed by atoms with E-state index in [0.29, 0.717) is 5.57 Å². The van der Waals surface area contributed by atoms with Gasteiger partial charge in [0.1, 0.15) is 5.70 Å². The molecular formula is C12H12N2O2. The van der Waals surface area contributed by atoms with E-state index in [2.05, 4.69) is 0 Å². The van der Waals surface area contributed by atoms with E-state index in [1.165, 1.54) is 4.90 Å². The minimum atomic E-state index is -0.397. The summed E-state index contributed by atoms with van der Waals surface area (Å²) in [5.74, 6) is -0.697. The van der Waals surface area contributed by atoms with E-state index >= 15 is 0 Å². The number of imide groups is 1. The second-order valence-corrected chi connectivity index (χ2v) is 3.72. The first-order valence-electron chi connectivity index (χ1n) is 4.97. The first-order valence-corrected chi connectivity index (χ1v) is 4.97. The highest BCUT2D eigenvalue weighted by atomic mass is 16.2. The third-order valence-electron chi connectivity index (χ3n) is 2.63. The molecule has 0 unspecified atom stereocenters. The largest absolute Gasteiger partial charge is 0.394 e. The van der Waals surface area contributed by atoms with Gasteiger partial charge in [0.05, 0.1) is 6.54 Å². The Morgan fingerprint density at radius 1 is 1.12 bits per heavy atom. The minimum absolute atomic E-state index is 0.0564. The number of nitrogens with zero attached hydrogens (tertiary/aromatic N) is 1. The average molecular weight is 216 g/mol. The highest BCUT2D eigenvalue weighted by Gasteiger charge is 2.33. The summed E-state index contributed by atoms with van der Waals surface area (Å²) >= 11 is 0. The maximum Gasteiger partial charge on any atom is 0.277 e. The molecule has 0 spiro atoms. The third-order valence-corrected chi connectivity index (χ3v) is 2.63. The van der Waals surface area contributed by atoms with Crippen molar-refractivity contribution in [3.8, 4) is 0 Å². The fraction of sp³-hybridized carbons (Fsp3) is 0.167. The molecule has 1 aliphatic rings. The van der Waals surface area contributed by atoms with Gasteiger partial charge in [-0.1, -0.05) is 30.3 Å². The normalized spacial score (nSPS) is 16.2. The topological polar surface area (TPSA) is 63.4 Å². The maximum atomic E-state index is 11.7. The van der Waals surface area contributed by atoms with Crippen molar-refractivity contribution >= 4 is 11.8 Å². The molecule has 0 bridgehead atoms. The number of benzene rings is 1. The van der Waals surface area contributed by atoms with Crippen molar-refractivity contribution in [1.29, 1.82) is 0 Å². The molecule has 1 aromatic rings. The van der Waals surface area contributed by atoms with Crippen LogP contribution < -0.4 is 5.73 Å². The Kier molecular flexibility index (Phi) is 2.48. The summed E-state index contributed by atoms with van der Waals surface area (Å²) in [7, 11) is 0. The highest BCUT2D eigenvalue weighted by molar-refractivity contribution is 6.18. The number of nitrogens with two attached hydrogens (primary N) is 1. The Labute approximate surface area is 93.3 Å². The van der Waals surface area contributed by atoms with Crippen LogP contribution in [-0.2, 0) is 16.1 Å². The second-order valence-electron chi connectivity index (χ2n) is 3.72. The van der Waals surface area contributed by atoms with E-state index in [4.69, 9.17) is 5.73 Å². The molecule has 4 heteroatoms. The van der Waals surface area contributed by atoms with E-state index in [9.17, 15) is 9.59 Å². The quantitative estimate of drug-likeness (QED) is 0.743. The van der Waals surface area contributed by atoms with Gasteiger partial charge in [-0.2, -0.15) is 0 Å². The first kappa shape index (κ1) is 10.4. The summed E-state index contributed by atoms with van der Waals surface area (Å²) in [6, 6.07) is 9.35. The lowest BCUT2D eigenvalue weighted by Gasteiger charge is -2.14. The van der Waals surface area contributed by atoms with Crippen molar-refractivity contribution in [3.05, 3.63) is 47.2 Å². The maximum absolute atomic E-state index is 11.7. The third kappa shape index (κ3) is 1.58. The Morgan fingerprint density at radius 2 is 1.75 bits per heavy atom. The van der Waals surface area contributed by atoms with Crippen LogP contribution in [0.2, 0.25) is 0 Å². The predicted molar refractivity (Wildman–Crippen MR) is 58.9 cm³/mol. The predicted octanol–water partition coefficient (Wildman–Crippen LogP) is 0.788. The van der Waals surface area contributed by atoms with Crippen LogP contribution in [0.3, 0.4) is 0 Å². The van der Waals surface area contributed by atoms with Crippen LogP contribution in [0.5, 0.6) is 0 Å². The van der Waals surface area contributed by atoms with Crippen molar-refractivity contribution < 1.29 is 9.59 Å². The molecule has 0 fully saturated rings. The molecule has 2 N–H and O–H groups in total. The fourth-order valence-electron chi connectivity index (χ4n) is 1.63. The Hall–Kier alpha value is -2.10. The van der Waals surface area contributed by atoms with Crippen LogP contribution in [-0.4, -0.2) is 16.7 Å². The zero-order valence-corrected chi connectivity index (χ0v) is 8.93. The van der Waals surface area contributed by atoms with Crippen molar-refractivity contribution in [1.82, 2.24) is 4.90 Å². The molecule has 4 nitrogen and oxygen atoms in total. The molecule has 0 atom stereocenters. The Morgan fingerprint density at radius 3 is 2.25 bits per heavy atom. The summed E-state index contributed by atoms with van der Waals surface area (Å²) in [6.45, 7) is 1.84. The fourth-order valence-corrected chi connectivity index (χ4v) is 1.63. The molecule has 0 aromatic heterocycles. The SMILES string of the molecule is CC1=C(N)C(=O)N(Cc2ccccc2)C1=O. The standard InChI is InChI=1S/C12H12N2O2/c1-8-10(13)12(16)14(11(8)15)7-9-5-3-2-4-6-9/h2-6H,7,13H2,1H3. The van der Waals surface area contributed by atoms with Gasteiger partial charge in [0.15, 0.2) is 0 Å². The van der Waals surface area contributed by atoms with Gasteiger partial charge >= 0.3 is 0 Å². The van der Waals surface area contributed by atoms with Crippen molar-refractivity contribution in [2.75, 3.05) is 0 Å². The van der Waals surface area contributed by atoms with E-state index in [0.717, 1.165) is 5.56 Å². The molecule has 0 aliphatic carbocycles. The van der Waals surface area contributed by atoms with Gasteiger partial charge in [-0.15, -0.1) is 0 Å². The van der Waals surface area contributed by atoms with Crippen LogP contribution in [0.25, 0.3) is 0 Å². The van der Waals surface area contributed by atoms with Crippen molar-refractivity contribution in [2.45, 2.75) is 13.5 Å². The van der Waals surface area contributed by atoms with Gasteiger partial charge in [0, 0.05) is 5.57 Å². The minimum Gasteiger partial charge on any atom is -0.394 e. The summed E-state index contributed by atoms with van der Waals surface area (Å²) < 4.78 is 0. The highest BCUT2D eigenvalue weighted by Crippen LogP contribution is 2.18. The van der Waals surface area contributed by atoms with Crippen LogP contribution in [0, 0.1) is 0 Å². The van der Waals surface area contributed by atoms with Crippen LogP contribution in [0.4, 0.5) is 0 Å². The monoisotopic (exact) mass is 216 g/mol. The number of hydrogen-bond acceptors (Lipinski definition) is 3. The average Bonchev–Trinajstić information content (AvgIpc) is 2.48. The van der Waals surface area contributed by atoms with E-state index < -0.39 is 5.91 Å². The van der Waals surface area contributed by atoms with Gasteiger partial charge in [-0.25, -0.2) is 0 Å². The Bertz CT molecular complexity index is 453. The molecule has 2 amide bonds. The van der Waals surface area contributed by atoms with Crippen LogP contribution in [0.15, 0.2) is 41.6 Å². The molecule has 1 aliphatic heterocycles. The molecule has 0 saturated heterocycles. The lowest BCUT2D eigenvalue weighted by molar-refractivity contribution is -0.138. The first-order chi connectivity index (χ1) is 7.61. The summed E-state index contributed by atoms with van der Waals surface area (Å²) in [5, 5.41) is 0. The summed E-state index contributed by atoms with van der Waals surface area (Å²) in [6.07, 6.45) is 0. The van der Waals surface area contributed by atoms with Crippen LogP contribution in [0.1, 0.15) is 12.5 Å². The molecule has 0 radical (unpaired) electrons. The molecule has 82 valence electrons. The lowest BCUT2D eigenvalue weighted by atomic mass is 10.2. The van der Waals surface area contributed by atoms with E-state index in [1.807, 2.05) is 30.3 Å². The van der Waals surface area contributed by atoms with Gasteiger partial charge in [0.25, 0.3) is 11.8 Å². The number of amides is 2. The zero-order chi connectivity index (χ0) is 11.7. The van der Waals surface area contributed by atoms with E-state index in [-0.39, 0.29) is 18.1 Å². The van der Waals surface area contributed by atoms with Crippen LogP contribution >= 0.6 is 0 Å². The summed E-state index contributed by atoms with van der Waals surface area (Å²) in [4.78, 5) is 24.5. The lowest BCUT2D eigenvalue weighted by Crippen LogP contribution is -2.32. The van der Waals surface area contributed by atoms with E-state index in [1.54, 1.807) is 6.92 Å². The van der Waals surface area contributed by atoms with Crippen molar-refractivity contribution in [3.63, 3.8) is 0 Å². The number of carbonyl (C=O) groups is 2. The molecule has 1 aromatic carbocycles. The molecule has 2 rings (SSSR count). The molecular weight excluding hydrogens is 204 g/mol. The number of carbonyl (C=O) groups excluding carboxylic acids is 2. The van der Waals surface area contributed by atoms with Gasteiger partial charge < -0.3 is 5.73 Å². The van der Waals surface area contributed by atoms with Gasteiger partial charge in [-0.3, -0.25) is 14.5 Å². The molecule has 0 saturated carbocycles. The molecule has 1 heterocycles. The molecule has 16 heavy (non-hydrogen) atoms. The van der Waals surface area contributed by atoms with Gasteiger partial charge in [0.2, 0.25) is 0 Å². The number of rotatable bonds is 2. The van der Waals surface area contributed by atoms with Crippen molar-refractivity contribution in [2.24, 2.45) is 5.73 Å². The second kappa shape index (κ2) is 3.81. The number of hydrogen-bond donors (Lipinski definition) is 1. The summed E-state index contributed by atoms with van der Waals surface area (Å²) in [5.41, 5.74) is 6.82.